The van der Waals surface area contributed by atoms with Gasteiger partial charge in [-0.1, -0.05) is 26.3 Å². The van der Waals surface area contributed by atoms with E-state index in [0.29, 0.717) is 6.42 Å². The van der Waals surface area contributed by atoms with Crippen LogP contribution in [0.2, 0.25) is 0 Å². The Morgan fingerprint density at radius 3 is 2.50 bits per heavy atom. The minimum Gasteiger partial charge on any atom is -0.319 e. The van der Waals surface area contributed by atoms with Crippen LogP contribution in [0, 0.1) is 0 Å². The first-order valence-corrected chi connectivity index (χ1v) is 4.68. The van der Waals surface area contributed by atoms with Crippen LogP contribution in [0.5, 0.6) is 0 Å². The van der Waals surface area contributed by atoms with Gasteiger partial charge in [-0.2, -0.15) is 0 Å². The van der Waals surface area contributed by atoms with Crippen molar-refractivity contribution in [1.82, 2.24) is 4.90 Å². The number of hydrogen-bond acceptors (Lipinski definition) is 1. The highest BCUT2D eigenvalue weighted by Crippen LogP contribution is 1.99. The summed E-state index contributed by atoms with van der Waals surface area (Å²) in [4.78, 5) is 13.1. The summed E-state index contributed by atoms with van der Waals surface area (Å²) in [5, 5.41) is 0. The third-order valence-corrected chi connectivity index (χ3v) is 1.70. The molecule has 0 heterocycles. The maximum Gasteiger partial charge on any atom is 0.226 e. The van der Waals surface area contributed by atoms with Gasteiger partial charge in [-0.3, -0.25) is 4.79 Å². The van der Waals surface area contributed by atoms with Gasteiger partial charge in [0, 0.05) is 19.2 Å². The Balaban J connectivity index is 3.94. The number of nitrogens with zero attached hydrogens (tertiary/aromatic N) is 1. The second-order valence-corrected chi connectivity index (χ2v) is 2.78. The lowest BCUT2D eigenvalue weighted by molar-refractivity contribution is -0.128. The molecule has 12 heavy (non-hydrogen) atoms. The van der Waals surface area contributed by atoms with Crippen LogP contribution in [0.3, 0.4) is 0 Å². The summed E-state index contributed by atoms with van der Waals surface area (Å²) < 4.78 is 0. The topological polar surface area (TPSA) is 20.3 Å². The molecular weight excluding hydrogens is 150 g/mol. The lowest BCUT2D eigenvalue weighted by Crippen LogP contribution is -2.25. The zero-order chi connectivity index (χ0) is 9.40. The summed E-state index contributed by atoms with van der Waals surface area (Å²) >= 11 is 0. The van der Waals surface area contributed by atoms with Crippen molar-refractivity contribution in [3.63, 3.8) is 0 Å². The fourth-order valence-corrected chi connectivity index (χ4v) is 0.994. The second-order valence-electron chi connectivity index (χ2n) is 2.78. The standard InChI is InChI=1S/C10H19NO/c1-4-7-9-11(8-5-2)10(12)6-3/h5,8H,4,6-7,9H2,1-3H3/b8-5+. The van der Waals surface area contributed by atoms with Crippen molar-refractivity contribution in [2.24, 2.45) is 0 Å². The van der Waals surface area contributed by atoms with Crippen molar-refractivity contribution in [1.29, 1.82) is 0 Å². The van der Waals surface area contributed by atoms with Crippen molar-refractivity contribution in [2.45, 2.75) is 40.0 Å². The van der Waals surface area contributed by atoms with E-state index in [1.54, 1.807) is 4.90 Å². The molecule has 0 bridgehead atoms. The van der Waals surface area contributed by atoms with Crippen LogP contribution in [-0.4, -0.2) is 17.4 Å². The van der Waals surface area contributed by atoms with Gasteiger partial charge in [-0.25, -0.2) is 0 Å². The van der Waals surface area contributed by atoms with E-state index < -0.39 is 0 Å². The molecule has 0 aromatic carbocycles. The number of carbonyl (C=O) groups is 1. The van der Waals surface area contributed by atoms with Gasteiger partial charge in [0.05, 0.1) is 0 Å². The van der Waals surface area contributed by atoms with Crippen molar-refractivity contribution in [3.05, 3.63) is 12.3 Å². The third kappa shape index (κ3) is 4.16. The van der Waals surface area contributed by atoms with E-state index in [0.717, 1.165) is 19.4 Å². The van der Waals surface area contributed by atoms with Crippen LogP contribution in [0.4, 0.5) is 0 Å². The number of carbonyl (C=O) groups excluding carboxylic acids is 1. The van der Waals surface area contributed by atoms with E-state index in [1.807, 2.05) is 26.1 Å². The monoisotopic (exact) mass is 169 g/mol. The normalized spacial score (nSPS) is 10.6. The van der Waals surface area contributed by atoms with Gasteiger partial charge >= 0.3 is 0 Å². The Hall–Kier alpha value is -0.790. The SMILES string of the molecule is C/C=C/N(CCCC)C(=O)CC. The van der Waals surface area contributed by atoms with Gasteiger partial charge in [0.15, 0.2) is 0 Å². The van der Waals surface area contributed by atoms with Crippen LogP contribution in [0.15, 0.2) is 12.3 Å². The molecule has 0 spiro atoms. The Morgan fingerprint density at radius 2 is 2.08 bits per heavy atom. The highest BCUT2D eigenvalue weighted by atomic mass is 16.2. The molecule has 0 atom stereocenters. The molecule has 0 radical (unpaired) electrons. The molecule has 0 saturated heterocycles. The minimum atomic E-state index is 0.210. The zero-order valence-electron chi connectivity index (χ0n) is 8.34. The maximum atomic E-state index is 11.3. The molecule has 2 nitrogen and oxygen atoms in total. The van der Waals surface area contributed by atoms with Crippen LogP contribution in [-0.2, 0) is 4.79 Å². The molecule has 2 heteroatoms. The van der Waals surface area contributed by atoms with E-state index in [9.17, 15) is 4.79 Å². The number of allylic oxidation sites excluding steroid dienone is 1. The van der Waals surface area contributed by atoms with Crippen LogP contribution < -0.4 is 0 Å². The van der Waals surface area contributed by atoms with E-state index >= 15 is 0 Å². The molecule has 0 saturated carbocycles. The number of rotatable bonds is 5. The zero-order valence-corrected chi connectivity index (χ0v) is 8.34. The maximum absolute atomic E-state index is 11.3. The van der Waals surface area contributed by atoms with Crippen LogP contribution >= 0.6 is 0 Å². The Labute approximate surface area is 75.3 Å². The van der Waals surface area contributed by atoms with E-state index in [1.165, 1.54) is 0 Å². The molecule has 0 aliphatic carbocycles. The minimum absolute atomic E-state index is 0.210. The molecule has 1 amide bonds. The fraction of sp³-hybridized carbons (Fsp3) is 0.700. The predicted octanol–water partition coefficient (Wildman–Crippen LogP) is 2.56. The highest BCUT2D eigenvalue weighted by Gasteiger charge is 2.05. The van der Waals surface area contributed by atoms with Crippen molar-refractivity contribution in [2.75, 3.05) is 6.54 Å². The average molecular weight is 169 g/mol. The Bertz CT molecular complexity index is 152. The lowest BCUT2D eigenvalue weighted by Gasteiger charge is -2.16. The Morgan fingerprint density at radius 1 is 1.42 bits per heavy atom. The molecule has 70 valence electrons. The smallest absolute Gasteiger partial charge is 0.226 e. The highest BCUT2D eigenvalue weighted by molar-refractivity contribution is 5.76. The lowest BCUT2D eigenvalue weighted by atomic mass is 10.3. The first kappa shape index (κ1) is 11.2. The number of amides is 1. The fourth-order valence-electron chi connectivity index (χ4n) is 0.994. The van der Waals surface area contributed by atoms with Crippen LogP contribution in [0.1, 0.15) is 40.0 Å². The summed E-state index contributed by atoms with van der Waals surface area (Å²) in [7, 11) is 0. The summed E-state index contributed by atoms with van der Waals surface area (Å²) in [5.74, 6) is 0.210. The first-order chi connectivity index (χ1) is 5.76. The second kappa shape index (κ2) is 6.89. The summed E-state index contributed by atoms with van der Waals surface area (Å²) in [6.45, 7) is 6.81. The van der Waals surface area contributed by atoms with E-state index in [2.05, 4.69) is 6.92 Å². The number of unbranched alkanes of at least 4 members (excludes halogenated alkanes) is 1. The molecule has 0 N–H and O–H groups in total. The number of hydrogen-bond donors (Lipinski definition) is 0. The van der Waals surface area contributed by atoms with E-state index in [4.69, 9.17) is 0 Å². The molecule has 0 unspecified atom stereocenters. The molecular formula is C10H19NO. The van der Waals surface area contributed by atoms with Gasteiger partial charge in [-0.15, -0.1) is 0 Å². The predicted molar refractivity (Wildman–Crippen MR) is 51.7 cm³/mol. The first-order valence-electron chi connectivity index (χ1n) is 4.68. The molecule has 0 aromatic rings. The quantitative estimate of drug-likeness (QED) is 0.619. The molecule has 0 rings (SSSR count). The van der Waals surface area contributed by atoms with Gasteiger partial charge < -0.3 is 4.90 Å². The van der Waals surface area contributed by atoms with Crippen molar-refractivity contribution >= 4 is 5.91 Å². The van der Waals surface area contributed by atoms with Gasteiger partial charge in [0.25, 0.3) is 0 Å². The summed E-state index contributed by atoms with van der Waals surface area (Å²) in [6, 6.07) is 0. The molecule has 0 fully saturated rings. The summed E-state index contributed by atoms with van der Waals surface area (Å²) in [6.07, 6.45) is 6.57. The van der Waals surface area contributed by atoms with Gasteiger partial charge in [0.1, 0.15) is 0 Å². The third-order valence-electron chi connectivity index (χ3n) is 1.70. The van der Waals surface area contributed by atoms with Crippen molar-refractivity contribution < 1.29 is 4.79 Å². The van der Waals surface area contributed by atoms with Crippen LogP contribution in [0.25, 0.3) is 0 Å². The summed E-state index contributed by atoms with van der Waals surface area (Å²) in [5.41, 5.74) is 0. The van der Waals surface area contributed by atoms with Gasteiger partial charge in [0.2, 0.25) is 5.91 Å². The van der Waals surface area contributed by atoms with E-state index in [-0.39, 0.29) is 5.91 Å². The molecule has 0 aliphatic heterocycles. The molecule has 0 aliphatic rings. The van der Waals surface area contributed by atoms with Gasteiger partial charge in [-0.05, 0) is 13.3 Å². The van der Waals surface area contributed by atoms with Crippen molar-refractivity contribution in [3.8, 4) is 0 Å². The molecule has 0 aromatic heterocycles. The largest absolute Gasteiger partial charge is 0.319 e. The average Bonchev–Trinajstić information content (AvgIpc) is 2.11. The Kier molecular flexibility index (Phi) is 6.44.